The molecule has 0 atom stereocenters. The molecule has 1 fully saturated rings. The number of aromatic hydroxyl groups is 1. The van der Waals surface area contributed by atoms with E-state index in [1.807, 2.05) is 38.1 Å². The van der Waals surface area contributed by atoms with Gasteiger partial charge < -0.3 is 14.6 Å². The molecule has 0 aliphatic carbocycles. The molecule has 6 nitrogen and oxygen atoms in total. The second-order valence-electron chi connectivity index (χ2n) is 6.32. The summed E-state index contributed by atoms with van der Waals surface area (Å²) in [5.74, 6) is 1.13. The van der Waals surface area contributed by atoms with Gasteiger partial charge in [-0.1, -0.05) is 13.0 Å². The maximum atomic E-state index is 12.9. The van der Waals surface area contributed by atoms with E-state index in [0.717, 1.165) is 23.4 Å². The van der Waals surface area contributed by atoms with Gasteiger partial charge in [0.05, 0.1) is 24.3 Å². The molecule has 7 heteroatoms. The Balaban J connectivity index is 1.88. The largest absolute Gasteiger partial charge is 0.504 e. The molecule has 3 rings (SSSR count). The fourth-order valence-electron chi connectivity index (χ4n) is 2.85. The van der Waals surface area contributed by atoms with E-state index in [9.17, 15) is 9.90 Å². The number of hydrogen-bond acceptors (Lipinski definition) is 6. The van der Waals surface area contributed by atoms with E-state index in [1.54, 1.807) is 29.2 Å². The van der Waals surface area contributed by atoms with E-state index in [0.29, 0.717) is 29.0 Å². The van der Waals surface area contributed by atoms with Crippen LogP contribution in [0.1, 0.15) is 25.8 Å². The first kappa shape index (κ1) is 20.8. The number of nitrogens with zero attached hydrogens (tertiary/aromatic N) is 2. The van der Waals surface area contributed by atoms with Crippen molar-refractivity contribution in [2.24, 2.45) is 4.99 Å². The van der Waals surface area contributed by atoms with Crippen LogP contribution in [0.2, 0.25) is 0 Å². The molecule has 0 aromatic heterocycles. The predicted octanol–water partition coefficient (Wildman–Crippen LogP) is 4.81. The van der Waals surface area contributed by atoms with Crippen molar-refractivity contribution in [1.29, 1.82) is 0 Å². The van der Waals surface area contributed by atoms with Crippen LogP contribution in [0.4, 0.5) is 5.69 Å². The van der Waals surface area contributed by atoms with Gasteiger partial charge in [-0.3, -0.25) is 9.69 Å². The Kier molecular flexibility index (Phi) is 6.82. The summed E-state index contributed by atoms with van der Waals surface area (Å²) in [6, 6.07) is 12.5. The summed E-state index contributed by atoms with van der Waals surface area (Å²) >= 11 is 1.33. The fraction of sp³-hybridized carbons (Fsp3) is 0.273. The molecule has 1 N–H and O–H groups in total. The highest BCUT2D eigenvalue weighted by Crippen LogP contribution is 2.35. The summed E-state index contributed by atoms with van der Waals surface area (Å²) in [6.07, 6.45) is 2.58. The number of methoxy groups -OCH3 is 1. The third-order valence-electron chi connectivity index (χ3n) is 4.21. The number of phenolic OH excluding ortho intramolecular Hbond substituents is 1. The Labute approximate surface area is 174 Å². The first-order valence-electron chi connectivity index (χ1n) is 9.45. The lowest BCUT2D eigenvalue weighted by molar-refractivity contribution is -0.122. The van der Waals surface area contributed by atoms with Crippen LogP contribution in [0.15, 0.2) is 52.4 Å². The molecule has 0 radical (unpaired) electrons. The Morgan fingerprint density at radius 2 is 1.93 bits per heavy atom. The van der Waals surface area contributed by atoms with Crippen LogP contribution in [0.25, 0.3) is 6.08 Å². The Morgan fingerprint density at radius 3 is 2.55 bits per heavy atom. The third kappa shape index (κ3) is 4.92. The minimum absolute atomic E-state index is 0.0333. The SMILES string of the molecule is CCCN1C(=O)/C(=C/c2ccc(OC)c(O)c2)SC1=Nc1ccc(OCC)cc1. The number of phenols is 1. The van der Waals surface area contributed by atoms with Crippen molar-refractivity contribution >= 4 is 34.6 Å². The average Bonchev–Trinajstić information content (AvgIpc) is 2.99. The molecule has 152 valence electrons. The molecule has 0 spiro atoms. The average molecular weight is 413 g/mol. The number of aliphatic imine (C=N–C) groups is 1. The van der Waals surface area contributed by atoms with Gasteiger partial charge >= 0.3 is 0 Å². The van der Waals surface area contributed by atoms with Crippen molar-refractivity contribution in [3.63, 3.8) is 0 Å². The minimum atomic E-state index is -0.0863. The van der Waals surface area contributed by atoms with Crippen molar-refractivity contribution < 1.29 is 19.4 Å². The van der Waals surface area contributed by atoms with E-state index in [1.165, 1.54) is 18.9 Å². The van der Waals surface area contributed by atoms with Crippen LogP contribution >= 0.6 is 11.8 Å². The normalized spacial score (nSPS) is 16.7. The van der Waals surface area contributed by atoms with E-state index in [2.05, 4.69) is 4.99 Å². The molecule has 2 aromatic rings. The van der Waals surface area contributed by atoms with Gasteiger partial charge in [0.1, 0.15) is 5.75 Å². The van der Waals surface area contributed by atoms with Crippen molar-refractivity contribution in [3.8, 4) is 17.2 Å². The van der Waals surface area contributed by atoms with Gasteiger partial charge in [-0.05, 0) is 73.1 Å². The standard InChI is InChI=1S/C22H24N2O4S/c1-4-12-24-21(26)20(14-15-6-11-19(27-3)18(25)13-15)29-22(24)23-16-7-9-17(10-8-16)28-5-2/h6-11,13-14,25H,4-5,12H2,1-3H3/b20-14-,23-22?. The number of carbonyl (C=O) groups excluding carboxylic acids is 1. The Hall–Kier alpha value is -2.93. The molecule has 1 aliphatic heterocycles. The first-order valence-corrected chi connectivity index (χ1v) is 10.3. The number of carbonyl (C=O) groups is 1. The van der Waals surface area contributed by atoms with Crippen molar-refractivity contribution in [1.82, 2.24) is 4.90 Å². The highest BCUT2D eigenvalue weighted by Gasteiger charge is 2.32. The topological polar surface area (TPSA) is 71.4 Å². The van der Waals surface area contributed by atoms with E-state index >= 15 is 0 Å². The van der Waals surface area contributed by atoms with Gasteiger partial charge in [-0.2, -0.15) is 0 Å². The summed E-state index contributed by atoms with van der Waals surface area (Å²) in [5, 5.41) is 10.6. The van der Waals surface area contributed by atoms with E-state index in [-0.39, 0.29) is 11.7 Å². The predicted molar refractivity (Wildman–Crippen MR) is 117 cm³/mol. The highest BCUT2D eigenvalue weighted by molar-refractivity contribution is 8.18. The van der Waals surface area contributed by atoms with Gasteiger partial charge in [0.2, 0.25) is 0 Å². The first-order chi connectivity index (χ1) is 14.0. The highest BCUT2D eigenvalue weighted by atomic mass is 32.2. The zero-order valence-electron chi connectivity index (χ0n) is 16.7. The van der Waals surface area contributed by atoms with Gasteiger partial charge in [0.25, 0.3) is 5.91 Å². The van der Waals surface area contributed by atoms with Gasteiger partial charge in [-0.15, -0.1) is 0 Å². The molecule has 1 heterocycles. The van der Waals surface area contributed by atoms with Crippen LogP contribution in [0.3, 0.4) is 0 Å². The molecule has 0 saturated carbocycles. The number of hydrogen-bond donors (Lipinski definition) is 1. The van der Waals surface area contributed by atoms with Crippen LogP contribution in [-0.4, -0.2) is 41.3 Å². The van der Waals surface area contributed by atoms with Gasteiger partial charge in [-0.25, -0.2) is 4.99 Å². The maximum Gasteiger partial charge on any atom is 0.266 e. The Bertz CT molecular complexity index is 938. The fourth-order valence-corrected chi connectivity index (χ4v) is 3.88. The molecular weight excluding hydrogens is 388 g/mol. The monoisotopic (exact) mass is 412 g/mol. The number of ether oxygens (including phenoxy) is 2. The molecule has 29 heavy (non-hydrogen) atoms. The molecular formula is C22H24N2O4S. The quantitative estimate of drug-likeness (QED) is 0.661. The van der Waals surface area contributed by atoms with Gasteiger partial charge in [0, 0.05) is 6.54 Å². The number of benzene rings is 2. The summed E-state index contributed by atoms with van der Waals surface area (Å²) in [4.78, 5) is 19.8. The van der Waals surface area contributed by atoms with Crippen LogP contribution in [-0.2, 0) is 4.79 Å². The summed E-state index contributed by atoms with van der Waals surface area (Å²) in [7, 11) is 1.50. The van der Waals surface area contributed by atoms with Crippen molar-refractivity contribution in [2.45, 2.75) is 20.3 Å². The van der Waals surface area contributed by atoms with E-state index in [4.69, 9.17) is 9.47 Å². The molecule has 0 unspecified atom stereocenters. The number of thioether (sulfide) groups is 1. The molecule has 1 aliphatic rings. The van der Waals surface area contributed by atoms with E-state index < -0.39 is 0 Å². The molecule has 1 amide bonds. The van der Waals surface area contributed by atoms with Crippen LogP contribution < -0.4 is 9.47 Å². The van der Waals surface area contributed by atoms with Crippen LogP contribution in [0, 0.1) is 0 Å². The number of amidine groups is 1. The van der Waals surface area contributed by atoms with Crippen LogP contribution in [0.5, 0.6) is 17.2 Å². The Morgan fingerprint density at radius 1 is 1.17 bits per heavy atom. The third-order valence-corrected chi connectivity index (χ3v) is 5.22. The molecule has 1 saturated heterocycles. The smallest absolute Gasteiger partial charge is 0.266 e. The summed E-state index contributed by atoms with van der Waals surface area (Å²) in [5.41, 5.74) is 1.48. The number of rotatable bonds is 7. The van der Waals surface area contributed by atoms with Crippen molar-refractivity contribution in [3.05, 3.63) is 52.9 Å². The van der Waals surface area contributed by atoms with Gasteiger partial charge in [0.15, 0.2) is 16.7 Å². The second kappa shape index (κ2) is 9.52. The second-order valence-corrected chi connectivity index (χ2v) is 7.33. The molecule has 2 aromatic carbocycles. The lowest BCUT2D eigenvalue weighted by Gasteiger charge is -2.14. The van der Waals surface area contributed by atoms with Crippen molar-refractivity contribution in [2.75, 3.05) is 20.3 Å². The lowest BCUT2D eigenvalue weighted by Crippen LogP contribution is -2.29. The summed E-state index contributed by atoms with van der Waals surface area (Å²) < 4.78 is 10.5. The minimum Gasteiger partial charge on any atom is -0.504 e. The zero-order chi connectivity index (χ0) is 20.8. The zero-order valence-corrected chi connectivity index (χ0v) is 17.5. The summed E-state index contributed by atoms with van der Waals surface area (Å²) in [6.45, 7) is 5.16. The molecule has 0 bridgehead atoms. The maximum absolute atomic E-state index is 12.9. The number of amides is 1. The lowest BCUT2D eigenvalue weighted by atomic mass is 10.2.